The second-order valence-corrected chi connectivity index (χ2v) is 5.94. The highest BCUT2D eigenvalue weighted by molar-refractivity contribution is 5.99. The van der Waals surface area contributed by atoms with Gasteiger partial charge in [-0.3, -0.25) is 9.20 Å². The van der Waals surface area contributed by atoms with Gasteiger partial charge in [-0.15, -0.1) is 0 Å². The zero-order valence-corrected chi connectivity index (χ0v) is 12.2. The van der Waals surface area contributed by atoms with Crippen molar-refractivity contribution in [3.8, 4) is 0 Å². The molecule has 8 heteroatoms. The average Bonchev–Trinajstić information content (AvgIpc) is 2.87. The number of carbonyl (C=O) groups excluding carboxylic acids is 1. The van der Waals surface area contributed by atoms with Gasteiger partial charge in [0.05, 0.1) is 5.52 Å². The minimum Gasteiger partial charge on any atom is -0.331 e. The molecule has 0 spiro atoms. The van der Waals surface area contributed by atoms with Crippen molar-refractivity contribution in [3.05, 3.63) is 35.9 Å². The number of aromatic nitrogens is 2. The lowest BCUT2D eigenvalue weighted by Crippen LogP contribution is -2.64. The monoisotopic (exact) mass is 324 g/mol. The van der Waals surface area contributed by atoms with Gasteiger partial charge < -0.3 is 10.2 Å². The third-order valence-corrected chi connectivity index (χ3v) is 4.66. The molecule has 0 radical (unpaired) electrons. The van der Waals surface area contributed by atoms with Crippen LogP contribution in [0.3, 0.4) is 0 Å². The summed E-state index contributed by atoms with van der Waals surface area (Å²) < 4.78 is 40.4. The minimum atomic E-state index is -4.61. The first kappa shape index (κ1) is 14.5. The molecule has 1 saturated carbocycles. The van der Waals surface area contributed by atoms with Crippen LogP contribution in [0.2, 0.25) is 0 Å². The maximum Gasteiger partial charge on any atom is 0.450 e. The Morgan fingerprint density at radius 1 is 1.30 bits per heavy atom. The summed E-state index contributed by atoms with van der Waals surface area (Å²) in [6.45, 7) is 1.15. The number of alkyl halides is 3. The normalized spacial score (nSPS) is 24.4. The number of amides is 1. The van der Waals surface area contributed by atoms with Gasteiger partial charge in [-0.25, -0.2) is 4.98 Å². The molecule has 0 bridgehead atoms. The third kappa shape index (κ3) is 2.20. The van der Waals surface area contributed by atoms with E-state index in [2.05, 4.69) is 10.3 Å². The Morgan fingerprint density at radius 3 is 2.83 bits per heavy atom. The molecule has 2 aromatic rings. The molecule has 3 heterocycles. The highest BCUT2D eigenvalue weighted by atomic mass is 19.4. The van der Waals surface area contributed by atoms with E-state index in [-0.39, 0.29) is 23.3 Å². The number of carbonyl (C=O) groups is 1. The number of pyridine rings is 1. The predicted octanol–water partition coefficient (Wildman–Crippen LogP) is 1.93. The Bertz CT molecular complexity index is 770. The van der Waals surface area contributed by atoms with E-state index in [4.69, 9.17) is 0 Å². The number of nitrogens with one attached hydrogen (secondary N) is 1. The highest BCUT2D eigenvalue weighted by Crippen LogP contribution is 2.33. The summed E-state index contributed by atoms with van der Waals surface area (Å²) in [6, 6.07) is 4.91. The first-order chi connectivity index (χ1) is 11.0. The first-order valence-corrected chi connectivity index (χ1v) is 7.55. The molecular formula is C15H15F3N4O. The van der Waals surface area contributed by atoms with Crippen LogP contribution in [0, 0.1) is 0 Å². The Balaban J connectivity index is 1.78. The molecule has 2 fully saturated rings. The van der Waals surface area contributed by atoms with E-state index in [1.165, 1.54) is 18.3 Å². The summed E-state index contributed by atoms with van der Waals surface area (Å²) in [5.74, 6) is -1.47. The van der Waals surface area contributed by atoms with Crippen LogP contribution in [-0.2, 0) is 6.18 Å². The maximum absolute atomic E-state index is 13.2. The lowest BCUT2D eigenvalue weighted by Gasteiger charge is -2.48. The molecule has 1 aliphatic carbocycles. The summed E-state index contributed by atoms with van der Waals surface area (Å²) in [5, 5.41) is 3.32. The van der Waals surface area contributed by atoms with Crippen molar-refractivity contribution in [2.45, 2.75) is 31.1 Å². The second-order valence-electron chi connectivity index (χ2n) is 5.94. The van der Waals surface area contributed by atoms with Crippen LogP contribution in [0.4, 0.5) is 13.2 Å². The molecule has 122 valence electrons. The van der Waals surface area contributed by atoms with Crippen LogP contribution < -0.4 is 5.32 Å². The molecular weight excluding hydrogens is 309 g/mol. The molecule has 2 aromatic heterocycles. The number of imidazole rings is 1. The molecule has 0 unspecified atom stereocenters. The second kappa shape index (κ2) is 4.95. The van der Waals surface area contributed by atoms with E-state index in [0.29, 0.717) is 13.1 Å². The van der Waals surface area contributed by atoms with Crippen molar-refractivity contribution in [2.24, 2.45) is 0 Å². The molecule has 2 atom stereocenters. The minimum absolute atomic E-state index is 0.0612. The SMILES string of the molecule is O=C(c1nc(C(F)(F)F)n2ccccc12)N1CCN[C@@H]2CC[C@H]21. The fourth-order valence-electron chi connectivity index (χ4n) is 3.41. The Labute approximate surface area is 130 Å². The number of rotatable bonds is 1. The fraction of sp³-hybridized carbons (Fsp3) is 0.467. The lowest BCUT2D eigenvalue weighted by atomic mass is 9.83. The van der Waals surface area contributed by atoms with E-state index in [1.54, 1.807) is 11.0 Å². The van der Waals surface area contributed by atoms with Crippen molar-refractivity contribution < 1.29 is 18.0 Å². The fourth-order valence-corrected chi connectivity index (χ4v) is 3.41. The highest BCUT2D eigenvalue weighted by Gasteiger charge is 2.43. The van der Waals surface area contributed by atoms with Gasteiger partial charge in [-0.1, -0.05) is 6.07 Å². The number of fused-ring (bicyclic) bond motifs is 2. The smallest absolute Gasteiger partial charge is 0.331 e. The van der Waals surface area contributed by atoms with Crippen molar-refractivity contribution in [1.82, 2.24) is 19.6 Å². The van der Waals surface area contributed by atoms with Gasteiger partial charge in [0.15, 0.2) is 5.69 Å². The third-order valence-electron chi connectivity index (χ3n) is 4.66. The van der Waals surface area contributed by atoms with E-state index < -0.39 is 17.9 Å². The quantitative estimate of drug-likeness (QED) is 0.872. The predicted molar refractivity (Wildman–Crippen MR) is 76.0 cm³/mol. The van der Waals surface area contributed by atoms with Crippen molar-refractivity contribution in [1.29, 1.82) is 0 Å². The number of halogens is 3. The lowest BCUT2D eigenvalue weighted by molar-refractivity contribution is -0.145. The van der Waals surface area contributed by atoms with Crippen LogP contribution in [-0.4, -0.2) is 45.4 Å². The summed E-state index contributed by atoms with van der Waals surface area (Å²) >= 11 is 0. The molecule has 23 heavy (non-hydrogen) atoms. The van der Waals surface area contributed by atoms with Crippen molar-refractivity contribution >= 4 is 11.4 Å². The zero-order chi connectivity index (χ0) is 16.2. The topological polar surface area (TPSA) is 49.6 Å². The largest absolute Gasteiger partial charge is 0.450 e. The number of piperazine rings is 1. The van der Waals surface area contributed by atoms with Gasteiger partial charge in [-0.05, 0) is 25.0 Å². The molecule has 4 rings (SSSR count). The van der Waals surface area contributed by atoms with Gasteiger partial charge in [0.1, 0.15) is 0 Å². The van der Waals surface area contributed by atoms with Crippen LogP contribution in [0.5, 0.6) is 0 Å². The van der Waals surface area contributed by atoms with Crippen LogP contribution in [0.15, 0.2) is 24.4 Å². The van der Waals surface area contributed by atoms with Gasteiger partial charge in [0, 0.05) is 31.4 Å². The molecule has 2 aliphatic rings. The van der Waals surface area contributed by atoms with Gasteiger partial charge >= 0.3 is 6.18 Å². The molecule has 0 aromatic carbocycles. The molecule has 1 saturated heterocycles. The Morgan fingerprint density at radius 2 is 2.13 bits per heavy atom. The molecule has 1 aliphatic heterocycles. The first-order valence-electron chi connectivity index (χ1n) is 7.55. The van der Waals surface area contributed by atoms with Gasteiger partial charge in [0.25, 0.3) is 5.91 Å². The summed E-state index contributed by atoms with van der Waals surface area (Å²) in [4.78, 5) is 18.1. The summed E-state index contributed by atoms with van der Waals surface area (Å²) in [5.41, 5.74) is 0.0738. The summed E-state index contributed by atoms with van der Waals surface area (Å²) in [7, 11) is 0. The maximum atomic E-state index is 13.2. The van der Waals surface area contributed by atoms with Crippen LogP contribution >= 0.6 is 0 Å². The molecule has 1 N–H and O–H groups in total. The molecule has 1 amide bonds. The Kier molecular flexibility index (Phi) is 3.12. The number of nitrogens with zero attached hydrogens (tertiary/aromatic N) is 3. The van der Waals surface area contributed by atoms with E-state index >= 15 is 0 Å². The van der Waals surface area contributed by atoms with E-state index in [1.807, 2.05) is 0 Å². The van der Waals surface area contributed by atoms with E-state index in [0.717, 1.165) is 17.2 Å². The van der Waals surface area contributed by atoms with Gasteiger partial charge in [0.2, 0.25) is 5.82 Å². The van der Waals surface area contributed by atoms with Crippen molar-refractivity contribution in [3.63, 3.8) is 0 Å². The van der Waals surface area contributed by atoms with Gasteiger partial charge in [-0.2, -0.15) is 13.2 Å². The van der Waals surface area contributed by atoms with Crippen molar-refractivity contribution in [2.75, 3.05) is 13.1 Å². The Hall–Kier alpha value is -2.09. The van der Waals surface area contributed by atoms with Crippen LogP contribution in [0.1, 0.15) is 29.2 Å². The molecule has 5 nitrogen and oxygen atoms in total. The average molecular weight is 324 g/mol. The van der Waals surface area contributed by atoms with E-state index in [9.17, 15) is 18.0 Å². The number of hydrogen-bond donors (Lipinski definition) is 1. The van der Waals surface area contributed by atoms with Crippen LogP contribution in [0.25, 0.3) is 5.52 Å². The summed E-state index contributed by atoms with van der Waals surface area (Å²) in [6.07, 6.45) is -1.45. The zero-order valence-electron chi connectivity index (χ0n) is 12.2. The standard InChI is InChI=1S/C15H15F3N4O/c16-15(17,18)14-20-12(11-3-1-2-7-22(11)14)13(23)21-8-6-19-9-4-5-10(9)21/h1-3,7,9-10,19H,4-6,8H2/t9-,10-/m1/s1. The number of hydrogen-bond acceptors (Lipinski definition) is 3.